The molecule has 6 aliphatic heterocycles. The number of hydrazine groups is 1. The minimum atomic E-state index is 0.437. The molecule has 0 aromatic rings. The minimum Gasteiger partial charge on any atom is -0.286 e. The first kappa shape index (κ1) is 25.1. The highest BCUT2D eigenvalue weighted by molar-refractivity contribution is 5.12. The Balaban J connectivity index is 1.12. The fourth-order valence-electron chi connectivity index (χ4n) is 12.8. The summed E-state index contributed by atoms with van der Waals surface area (Å²) in [7, 11) is 0. The first-order valence-electron chi connectivity index (χ1n) is 18.0. The van der Waals surface area contributed by atoms with Crippen molar-refractivity contribution in [2.75, 3.05) is 0 Å². The summed E-state index contributed by atoms with van der Waals surface area (Å²) in [6, 6.07) is 0. The van der Waals surface area contributed by atoms with Crippen LogP contribution in [0.4, 0.5) is 0 Å². The number of hydrogen-bond donors (Lipinski definition) is 6. The van der Waals surface area contributed by atoms with Crippen molar-refractivity contribution in [2.45, 2.75) is 152 Å². The van der Waals surface area contributed by atoms with Crippen LogP contribution < -0.4 is 31.9 Å². The molecule has 0 radical (unpaired) electrons. The van der Waals surface area contributed by atoms with Gasteiger partial charge in [0.1, 0.15) is 0 Å². The molecule has 6 saturated heterocycles. The van der Waals surface area contributed by atoms with Crippen molar-refractivity contribution in [3.8, 4) is 0 Å². The van der Waals surface area contributed by atoms with Gasteiger partial charge in [-0.1, -0.05) is 51.4 Å². The van der Waals surface area contributed by atoms with Gasteiger partial charge < -0.3 is 0 Å². The lowest BCUT2D eigenvalue weighted by molar-refractivity contribution is -0.151. The number of fused-ring (bicyclic) bond motifs is 16. The van der Waals surface area contributed by atoms with Crippen LogP contribution >= 0.6 is 0 Å². The Morgan fingerprint density at radius 2 is 0.500 bits per heavy atom. The molecular weight excluding hydrogens is 496 g/mol. The van der Waals surface area contributed by atoms with Crippen molar-refractivity contribution in [3.05, 3.63) is 0 Å². The van der Waals surface area contributed by atoms with E-state index in [1.165, 1.54) is 103 Å². The van der Waals surface area contributed by atoms with Gasteiger partial charge in [0, 0.05) is 0 Å². The van der Waals surface area contributed by atoms with Crippen molar-refractivity contribution in [2.24, 2.45) is 47.3 Å². The van der Waals surface area contributed by atoms with Gasteiger partial charge in [0.25, 0.3) is 0 Å². The maximum Gasteiger partial charge on any atom is 0.0798 e. The molecule has 0 aromatic heterocycles. The first-order chi connectivity index (χ1) is 19.8. The van der Waals surface area contributed by atoms with Crippen LogP contribution in [0.1, 0.15) is 103 Å². The van der Waals surface area contributed by atoms with Crippen LogP contribution in [0.15, 0.2) is 0 Å². The smallest absolute Gasteiger partial charge is 0.0798 e. The second kappa shape index (κ2) is 9.59. The largest absolute Gasteiger partial charge is 0.286 e. The van der Waals surface area contributed by atoms with E-state index in [2.05, 4.69) is 41.9 Å². The van der Waals surface area contributed by atoms with Gasteiger partial charge in [-0.25, -0.2) is 10.0 Å². The van der Waals surface area contributed by atoms with Crippen LogP contribution in [0.5, 0.6) is 0 Å². The quantitative estimate of drug-likeness (QED) is 0.275. The van der Waals surface area contributed by atoms with Gasteiger partial charge in [-0.2, -0.15) is 0 Å². The van der Waals surface area contributed by atoms with Gasteiger partial charge >= 0.3 is 0 Å². The lowest BCUT2D eigenvalue weighted by Crippen LogP contribution is -2.69. The zero-order valence-corrected chi connectivity index (χ0v) is 24.4. The molecule has 4 aliphatic carbocycles. The Kier molecular flexibility index (Phi) is 6.01. The summed E-state index contributed by atoms with van der Waals surface area (Å²) < 4.78 is 0. The van der Waals surface area contributed by atoms with Gasteiger partial charge in [-0.15, -0.1) is 0 Å². The van der Waals surface area contributed by atoms with Crippen molar-refractivity contribution in [3.63, 3.8) is 0 Å². The third-order valence-electron chi connectivity index (χ3n) is 14.4. The standard InChI is InChI=1S/C32H54N8/c1-2-10-18-17(9-1)25-33-26(18)36-30-23-15-7-8-16-24(23)32-38-28-20-12-4-3-11-19(20)27(34-28)37-31-22-14-6-5-13-21(22)29(35-25)39(31)40(30)32/h17-38H,1-16H2. The average molecular weight is 551 g/mol. The molecule has 0 spiro atoms. The topological polar surface area (TPSA) is 78.7 Å². The van der Waals surface area contributed by atoms with Gasteiger partial charge in [0.05, 0.1) is 49.3 Å². The Morgan fingerprint density at radius 1 is 0.275 bits per heavy atom. The molecule has 4 saturated carbocycles. The monoisotopic (exact) mass is 550 g/mol. The van der Waals surface area contributed by atoms with Gasteiger partial charge in [-0.05, 0) is 98.7 Å². The first-order valence-corrected chi connectivity index (χ1v) is 18.0. The van der Waals surface area contributed by atoms with E-state index in [4.69, 9.17) is 0 Å². The Bertz CT molecular complexity index is 831. The molecule has 40 heavy (non-hydrogen) atoms. The molecule has 10 rings (SSSR count). The van der Waals surface area contributed by atoms with Crippen molar-refractivity contribution in [1.82, 2.24) is 41.9 Å². The normalized spacial score (nSPS) is 59.1. The lowest BCUT2D eigenvalue weighted by Gasteiger charge is -2.48. The predicted octanol–water partition coefficient (Wildman–Crippen LogP) is 2.96. The predicted molar refractivity (Wildman–Crippen MR) is 155 cm³/mol. The summed E-state index contributed by atoms with van der Waals surface area (Å²) in [5.41, 5.74) is 0. The van der Waals surface area contributed by atoms with E-state index in [0.29, 0.717) is 49.3 Å². The molecule has 0 aromatic carbocycles. The van der Waals surface area contributed by atoms with Crippen LogP contribution in [0.25, 0.3) is 0 Å². The van der Waals surface area contributed by atoms with Crippen molar-refractivity contribution < 1.29 is 0 Å². The van der Waals surface area contributed by atoms with Crippen molar-refractivity contribution >= 4 is 0 Å². The summed E-state index contributed by atoms with van der Waals surface area (Å²) in [5.74, 6) is 6.10. The molecule has 10 fully saturated rings. The molecule has 6 heterocycles. The molecule has 16 unspecified atom stereocenters. The Morgan fingerprint density at radius 3 is 0.750 bits per heavy atom. The third-order valence-corrected chi connectivity index (χ3v) is 14.4. The summed E-state index contributed by atoms with van der Waals surface area (Å²) in [4.78, 5) is 0. The van der Waals surface area contributed by atoms with Crippen LogP contribution in [-0.4, -0.2) is 59.3 Å². The highest BCUT2D eigenvalue weighted by Gasteiger charge is 2.64. The van der Waals surface area contributed by atoms with E-state index in [9.17, 15) is 0 Å². The highest BCUT2D eigenvalue weighted by Crippen LogP contribution is 2.53. The van der Waals surface area contributed by atoms with Gasteiger partial charge in [0.15, 0.2) is 0 Å². The van der Waals surface area contributed by atoms with E-state index in [-0.39, 0.29) is 0 Å². The second-order valence-corrected chi connectivity index (χ2v) is 15.9. The van der Waals surface area contributed by atoms with E-state index in [1.807, 2.05) is 0 Å². The van der Waals surface area contributed by atoms with Crippen LogP contribution in [0.3, 0.4) is 0 Å². The van der Waals surface area contributed by atoms with E-state index >= 15 is 0 Å². The number of nitrogens with one attached hydrogen (secondary N) is 6. The molecule has 8 heteroatoms. The molecule has 0 amide bonds. The summed E-state index contributed by atoms with van der Waals surface area (Å²) in [6.45, 7) is 0. The van der Waals surface area contributed by atoms with Gasteiger partial charge in [0.2, 0.25) is 0 Å². The number of rotatable bonds is 0. The van der Waals surface area contributed by atoms with E-state index in [1.54, 1.807) is 0 Å². The molecule has 8 nitrogen and oxygen atoms in total. The average Bonchev–Trinajstić information content (AvgIpc) is 3.72. The Hall–Kier alpha value is -0.320. The minimum absolute atomic E-state index is 0.437. The summed E-state index contributed by atoms with van der Waals surface area (Å²) in [5, 5.41) is 32.2. The third kappa shape index (κ3) is 3.54. The fourth-order valence-corrected chi connectivity index (χ4v) is 12.8. The van der Waals surface area contributed by atoms with E-state index < -0.39 is 0 Å². The zero-order chi connectivity index (χ0) is 25.9. The second-order valence-electron chi connectivity index (χ2n) is 15.9. The molecule has 10 aliphatic rings. The maximum absolute atomic E-state index is 4.44. The van der Waals surface area contributed by atoms with Gasteiger partial charge in [-0.3, -0.25) is 31.9 Å². The molecule has 222 valence electrons. The fraction of sp³-hybridized carbons (Fsp3) is 1.00. The van der Waals surface area contributed by atoms with E-state index in [0.717, 1.165) is 47.3 Å². The van der Waals surface area contributed by atoms with Crippen LogP contribution in [-0.2, 0) is 0 Å². The summed E-state index contributed by atoms with van der Waals surface area (Å²) in [6.07, 6.45) is 26.1. The molecule has 16 atom stereocenters. The zero-order valence-electron chi connectivity index (χ0n) is 24.4. The summed E-state index contributed by atoms with van der Waals surface area (Å²) >= 11 is 0. The molecular formula is C32H54N8. The number of nitrogens with zero attached hydrogens (tertiary/aromatic N) is 2. The lowest BCUT2D eigenvalue weighted by atomic mass is 9.76. The highest BCUT2D eigenvalue weighted by atomic mass is 15.8. The van der Waals surface area contributed by atoms with Crippen LogP contribution in [0.2, 0.25) is 0 Å². The SMILES string of the molecule is C1CCC2C3NC(NC4C5CCCCC5C5NC6NC(NC7C8CCCCC8C(N3)N7N45)C3CCCCC63)C2C1. The Labute approximate surface area is 241 Å². The maximum atomic E-state index is 4.44. The molecule has 4 bridgehead atoms. The van der Waals surface area contributed by atoms with Crippen molar-refractivity contribution in [1.29, 1.82) is 0 Å². The molecule has 6 N–H and O–H groups in total. The van der Waals surface area contributed by atoms with Crippen LogP contribution in [0, 0.1) is 47.3 Å². The number of hydrogen-bond acceptors (Lipinski definition) is 8.